The number of benzene rings is 1. The molecule has 0 spiro atoms. The first-order valence-electron chi connectivity index (χ1n) is 9.77. The number of anilines is 2. The topological polar surface area (TPSA) is 109 Å². The lowest BCUT2D eigenvalue weighted by molar-refractivity contribution is 0.102. The van der Waals surface area contributed by atoms with E-state index in [0.29, 0.717) is 28.1 Å². The molecule has 30 heavy (non-hydrogen) atoms. The second kappa shape index (κ2) is 8.40. The van der Waals surface area contributed by atoms with Gasteiger partial charge in [0, 0.05) is 18.7 Å². The minimum Gasteiger partial charge on any atom is -0.493 e. The number of carbonyl (C=O) groups is 1. The van der Waals surface area contributed by atoms with Crippen LogP contribution in [0.3, 0.4) is 0 Å². The SMILES string of the molecule is COc1ccc(C(=O)Nc2cc3c(N4CCCCC4)ncnc3[nH]c2=O)cc1OC. The zero-order chi connectivity index (χ0) is 21.1. The van der Waals surface area contributed by atoms with Gasteiger partial charge in [-0.2, -0.15) is 0 Å². The highest BCUT2D eigenvalue weighted by Gasteiger charge is 2.18. The van der Waals surface area contributed by atoms with E-state index in [0.717, 1.165) is 31.7 Å². The van der Waals surface area contributed by atoms with E-state index in [4.69, 9.17) is 9.47 Å². The molecule has 156 valence electrons. The van der Waals surface area contributed by atoms with E-state index < -0.39 is 11.5 Å². The Morgan fingerprint density at radius 2 is 1.83 bits per heavy atom. The van der Waals surface area contributed by atoms with Gasteiger partial charge in [0.25, 0.3) is 11.5 Å². The van der Waals surface area contributed by atoms with Crippen molar-refractivity contribution < 1.29 is 14.3 Å². The van der Waals surface area contributed by atoms with Crippen molar-refractivity contribution in [3.63, 3.8) is 0 Å². The lowest BCUT2D eigenvalue weighted by Crippen LogP contribution is -2.30. The molecule has 0 saturated carbocycles. The van der Waals surface area contributed by atoms with E-state index in [1.807, 2.05) is 0 Å². The number of aromatic nitrogens is 3. The first-order chi connectivity index (χ1) is 14.6. The van der Waals surface area contributed by atoms with Crippen LogP contribution in [0.5, 0.6) is 11.5 Å². The van der Waals surface area contributed by atoms with Crippen molar-refractivity contribution in [1.82, 2.24) is 15.0 Å². The summed E-state index contributed by atoms with van der Waals surface area (Å²) < 4.78 is 10.4. The molecule has 1 amide bonds. The van der Waals surface area contributed by atoms with Gasteiger partial charge in [-0.3, -0.25) is 9.59 Å². The van der Waals surface area contributed by atoms with Crippen molar-refractivity contribution in [2.45, 2.75) is 19.3 Å². The molecule has 0 aliphatic carbocycles. The molecular weight excluding hydrogens is 386 g/mol. The Hall–Kier alpha value is -3.62. The van der Waals surface area contributed by atoms with Crippen molar-refractivity contribution in [1.29, 1.82) is 0 Å². The highest BCUT2D eigenvalue weighted by Crippen LogP contribution is 2.28. The van der Waals surface area contributed by atoms with Crippen LogP contribution in [0.25, 0.3) is 11.0 Å². The molecule has 0 radical (unpaired) electrons. The van der Waals surface area contributed by atoms with Crippen LogP contribution >= 0.6 is 0 Å². The predicted molar refractivity (Wildman–Crippen MR) is 114 cm³/mol. The number of nitrogens with one attached hydrogen (secondary N) is 2. The van der Waals surface area contributed by atoms with Gasteiger partial charge in [-0.15, -0.1) is 0 Å². The Bertz CT molecular complexity index is 1140. The van der Waals surface area contributed by atoms with Gasteiger partial charge in [-0.25, -0.2) is 9.97 Å². The summed E-state index contributed by atoms with van der Waals surface area (Å²) in [7, 11) is 3.02. The van der Waals surface area contributed by atoms with Crippen LogP contribution < -0.4 is 25.2 Å². The highest BCUT2D eigenvalue weighted by molar-refractivity contribution is 6.05. The fraction of sp³-hybridized carbons (Fsp3) is 0.333. The third kappa shape index (κ3) is 3.78. The van der Waals surface area contributed by atoms with E-state index >= 15 is 0 Å². The molecule has 1 aliphatic heterocycles. The molecule has 2 aromatic heterocycles. The van der Waals surface area contributed by atoms with E-state index in [9.17, 15) is 9.59 Å². The van der Waals surface area contributed by atoms with Gasteiger partial charge < -0.3 is 24.7 Å². The molecule has 1 saturated heterocycles. The summed E-state index contributed by atoms with van der Waals surface area (Å²) in [6.45, 7) is 1.80. The minimum absolute atomic E-state index is 0.135. The Morgan fingerprint density at radius 1 is 1.07 bits per heavy atom. The molecule has 0 bridgehead atoms. The van der Waals surface area contributed by atoms with Crippen LogP contribution in [0.15, 0.2) is 35.4 Å². The van der Waals surface area contributed by atoms with Crippen LogP contribution in [0.4, 0.5) is 11.5 Å². The zero-order valence-electron chi connectivity index (χ0n) is 16.9. The van der Waals surface area contributed by atoms with Crippen molar-refractivity contribution in [3.05, 3.63) is 46.5 Å². The van der Waals surface area contributed by atoms with E-state index in [-0.39, 0.29) is 5.69 Å². The number of pyridine rings is 1. The minimum atomic E-state index is -0.433. The van der Waals surface area contributed by atoms with Crippen molar-refractivity contribution >= 4 is 28.4 Å². The lowest BCUT2D eigenvalue weighted by atomic mass is 10.1. The molecule has 1 aliphatic rings. The Kier molecular flexibility index (Phi) is 5.51. The fourth-order valence-electron chi connectivity index (χ4n) is 3.63. The predicted octanol–water partition coefficient (Wildman–Crippen LogP) is 2.58. The maximum atomic E-state index is 12.8. The highest BCUT2D eigenvalue weighted by atomic mass is 16.5. The van der Waals surface area contributed by atoms with Gasteiger partial charge >= 0.3 is 0 Å². The van der Waals surface area contributed by atoms with Crippen LogP contribution in [-0.2, 0) is 0 Å². The fourth-order valence-corrected chi connectivity index (χ4v) is 3.63. The number of rotatable bonds is 5. The summed E-state index contributed by atoms with van der Waals surface area (Å²) in [5.74, 6) is 1.27. The number of aromatic amines is 1. The maximum absolute atomic E-state index is 12.8. The van der Waals surface area contributed by atoms with Crippen LogP contribution in [-0.4, -0.2) is 48.2 Å². The summed E-state index contributed by atoms with van der Waals surface area (Å²) >= 11 is 0. The first kappa shape index (κ1) is 19.7. The Morgan fingerprint density at radius 3 is 2.57 bits per heavy atom. The Balaban J connectivity index is 1.68. The summed E-state index contributed by atoms with van der Waals surface area (Å²) in [5.41, 5.74) is 0.488. The largest absolute Gasteiger partial charge is 0.493 e. The smallest absolute Gasteiger partial charge is 0.273 e. The maximum Gasteiger partial charge on any atom is 0.273 e. The van der Waals surface area contributed by atoms with Gasteiger partial charge in [0.15, 0.2) is 11.5 Å². The van der Waals surface area contributed by atoms with E-state index in [1.54, 1.807) is 24.3 Å². The Labute approximate surface area is 173 Å². The lowest BCUT2D eigenvalue weighted by Gasteiger charge is -2.28. The number of carbonyl (C=O) groups excluding carboxylic acids is 1. The number of H-pyrrole nitrogens is 1. The molecule has 3 heterocycles. The summed E-state index contributed by atoms with van der Waals surface area (Å²) in [6.07, 6.45) is 4.84. The molecule has 2 N–H and O–H groups in total. The van der Waals surface area contributed by atoms with Gasteiger partial charge in [0.2, 0.25) is 0 Å². The normalized spacial score (nSPS) is 13.9. The zero-order valence-corrected chi connectivity index (χ0v) is 16.9. The molecule has 3 aromatic rings. The quantitative estimate of drug-likeness (QED) is 0.666. The van der Waals surface area contributed by atoms with Gasteiger partial charge in [0.05, 0.1) is 19.6 Å². The molecule has 1 aromatic carbocycles. The number of methoxy groups -OCH3 is 2. The summed E-state index contributed by atoms with van der Waals surface area (Å²) in [5, 5.41) is 3.38. The summed E-state index contributed by atoms with van der Waals surface area (Å²) in [4.78, 5) is 38.8. The number of hydrogen-bond donors (Lipinski definition) is 2. The van der Waals surface area contributed by atoms with Gasteiger partial charge in [-0.05, 0) is 43.5 Å². The van der Waals surface area contributed by atoms with E-state index in [1.165, 1.54) is 27.0 Å². The summed E-state index contributed by atoms with van der Waals surface area (Å²) in [6, 6.07) is 6.44. The first-order valence-corrected chi connectivity index (χ1v) is 9.77. The number of nitrogens with zero attached hydrogens (tertiary/aromatic N) is 3. The third-order valence-corrected chi connectivity index (χ3v) is 5.18. The molecule has 9 heteroatoms. The monoisotopic (exact) mass is 409 g/mol. The van der Waals surface area contributed by atoms with Crippen molar-refractivity contribution in [2.75, 3.05) is 37.5 Å². The van der Waals surface area contributed by atoms with Crippen LogP contribution in [0.2, 0.25) is 0 Å². The van der Waals surface area contributed by atoms with Crippen LogP contribution in [0.1, 0.15) is 29.6 Å². The third-order valence-electron chi connectivity index (χ3n) is 5.18. The number of amides is 1. The number of ether oxygens (including phenoxy) is 2. The number of fused-ring (bicyclic) bond motifs is 1. The van der Waals surface area contributed by atoms with Crippen LogP contribution in [0, 0.1) is 0 Å². The standard InChI is InChI=1S/C21H23N5O4/c1-29-16-7-6-13(10-17(16)30-2)20(27)24-15-11-14-18(25-21(15)28)22-12-23-19(14)26-8-4-3-5-9-26/h6-7,10-12H,3-5,8-9H2,1-2H3,(H,24,27)(H,22,23,25,28). The second-order valence-corrected chi connectivity index (χ2v) is 7.04. The van der Waals surface area contributed by atoms with Gasteiger partial charge in [0.1, 0.15) is 23.5 Å². The van der Waals surface area contributed by atoms with Crippen molar-refractivity contribution in [2.24, 2.45) is 0 Å². The van der Waals surface area contributed by atoms with Gasteiger partial charge in [-0.1, -0.05) is 0 Å². The number of hydrogen-bond acceptors (Lipinski definition) is 7. The van der Waals surface area contributed by atoms with Crippen molar-refractivity contribution in [3.8, 4) is 11.5 Å². The molecule has 0 unspecified atom stereocenters. The molecular formula is C21H23N5O4. The average molecular weight is 409 g/mol. The second-order valence-electron chi connectivity index (χ2n) is 7.04. The van der Waals surface area contributed by atoms with E-state index in [2.05, 4.69) is 25.2 Å². The average Bonchev–Trinajstić information content (AvgIpc) is 2.79. The molecule has 9 nitrogen and oxygen atoms in total. The molecule has 1 fully saturated rings. The molecule has 4 rings (SSSR count). The number of piperidine rings is 1. The molecule has 0 atom stereocenters.